The lowest BCUT2D eigenvalue weighted by molar-refractivity contribution is 0.0989. The molecule has 23 heavy (non-hydrogen) atoms. The summed E-state index contributed by atoms with van der Waals surface area (Å²) in [5, 5.41) is 8.39. The minimum absolute atomic E-state index is 0.0960. The van der Waals surface area contributed by atoms with E-state index >= 15 is 0 Å². The molecule has 2 aromatic heterocycles. The van der Waals surface area contributed by atoms with Gasteiger partial charge < -0.3 is 10.6 Å². The van der Waals surface area contributed by atoms with Crippen LogP contribution in [-0.4, -0.2) is 55.0 Å². The number of amides is 1. The fourth-order valence-corrected chi connectivity index (χ4v) is 3.12. The molecular formula is C15H23N7O. The van der Waals surface area contributed by atoms with Crippen LogP contribution in [0, 0.1) is 0 Å². The summed E-state index contributed by atoms with van der Waals surface area (Å²) in [6, 6.07) is 0.266. The van der Waals surface area contributed by atoms with E-state index < -0.39 is 5.91 Å². The molecule has 1 aliphatic heterocycles. The first-order chi connectivity index (χ1) is 11.1. The van der Waals surface area contributed by atoms with Crippen molar-refractivity contribution in [2.45, 2.75) is 31.7 Å². The van der Waals surface area contributed by atoms with Crippen molar-refractivity contribution in [2.24, 2.45) is 12.8 Å². The highest BCUT2D eigenvalue weighted by molar-refractivity contribution is 5.88. The predicted molar refractivity (Wildman–Crippen MR) is 84.8 cm³/mol. The number of aryl methyl sites for hydroxylation is 2. The van der Waals surface area contributed by atoms with Crippen molar-refractivity contribution in [1.29, 1.82) is 0 Å². The molecule has 3 heterocycles. The molecule has 124 valence electrons. The second-order valence-electron chi connectivity index (χ2n) is 6.13. The van der Waals surface area contributed by atoms with Crippen LogP contribution in [0.15, 0.2) is 18.7 Å². The van der Waals surface area contributed by atoms with Gasteiger partial charge in [0.05, 0.1) is 12.2 Å². The third-order valence-electron chi connectivity index (χ3n) is 4.28. The Morgan fingerprint density at radius 2 is 2.35 bits per heavy atom. The number of hydrogen-bond acceptors (Lipinski definition) is 5. The molecule has 1 amide bonds. The van der Waals surface area contributed by atoms with E-state index in [1.807, 2.05) is 17.9 Å². The monoisotopic (exact) mass is 317 g/mol. The number of likely N-dealkylation sites (tertiary alicyclic amines) is 1. The van der Waals surface area contributed by atoms with Gasteiger partial charge in [0.25, 0.3) is 5.91 Å². The summed E-state index contributed by atoms with van der Waals surface area (Å²) in [6.07, 6.45) is 9.96. The molecule has 0 bridgehead atoms. The quantitative estimate of drug-likeness (QED) is 0.831. The van der Waals surface area contributed by atoms with E-state index in [1.54, 1.807) is 11.0 Å². The normalized spacial score (nSPS) is 19.1. The number of aromatic nitrogens is 5. The van der Waals surface area contributed by atoms with Gasteiger partial charge in [0.1, 0.15) is 6.33 Å². The Labute approximate surface area is 135 Å². The molecule has 0 aromatic carbocycles. The number of piperidine rings is 1. The summed E-state index contributed by atoms with van der Waals surface area (Å²) >= 11 is 0. The summed E-state index contributed by atoms with van der Waals surface area (Å²) in [4.78, 5) is 17.5. The Kier molecular flexibility index (Phi) is 4.71. The zero-order valence-electron chi connectivity index (χ0n) is 13.4. The Morgan fingerprint density at radius 3 is 3.04 bits per heavy atom. The molecule has 1 aliphatic rings. The molecular weight excluding hydrogens is 294 g/mol. The average Bonchev–Trinajstić information content (AvgIpc) is 3.17. The summed E-state index contributed by atoms with van der Waals surface area (Å²) in [5.74, 6) is -0.480. The minimum Gasteiger partial charge on any atom is -0.363 e. The molecule has 1 fully saturated rings. The van der Waals surface area contributed by atoms with Crippen LogP contribution in [0.25, 0.3) is 0 Å². The number of hydrogen-bond donors (Lipinski definition) is 1. The Balaban J connectivity index is 1.50. The number of carbonyl (C=O) groups is 1. The van der Waals surface area contributed by atoms with Gasteiger partial charge in [0, 0.05) is 19.8 Å². The lowest BCUT2D eigenvalue weighted by atomic mass is 10.1. The zero-order valence-corrected chi connectivity index (χ0v) is 13.4. The van der Waals surface area contributed by atoms with Gasteiger partial charge in [-0.15, -0.1) is 5.10 Å². The lowest BCUT2D eigenvalue weighted by Crippen LogP contribution is -2.37. The molecule has 2 N–H and O–H groups in total. The SMILES string of the molecule is Cn1cc(CCCN2CCC[C@@H](n3cnc(C(N)=O)n3)C2)cn1. The summed E-state index contributed by atoms with van der Waals surface area (Å²) in [6.45, 7) is 3.11. The van der Waals surface area contributed by atoms with Gasteiger partial charge in [-0.1, -0.05) is 0 Å². The van der Waals surface area contributed by atoms with Gasteiger partial charge in [-0.25, -0.2) is 9.67 Å². The smallest absolute Gasteiger partial charge is 0.288 e. The van der Waals surface area contributed by atoms with Gasteiger partial charge in [-0.2, -0.15) is 5.10 Å². The molecule has 0 saturated carbocycles. The predicted octanol–water partition coefficient (Wildman–Crippen LogP) is 0.380. The maximum atomic E-state index is 11.1. The molecule has 1 saturated heterocycles. The van der Waals surface area contributed by atoms with Crippen LogP contribution in [0.3, 0.4) is 0 Å². The summed E-state index contributed by atoms with van der Waals surface area (Å²) in [7, 11) is 1.94. The van der Waals surface area contributed by atoms with Crippen LogP contribution in [0.5, 0.6) is 0 Å². The summed E-state index contributed by atoms with van der Waals surface area (Å²) < 4.78 is 3.63. The van der Waals surface area contributed by atoms with E-state index in [0.717, 1.165) is 45.3 Å². The highest BCUT2D eigenvalue weighted by Crippen LogP contribution is 2.20. The second-order valence-corrected chi connectivity index (χ2v) is 6.13. The average molecular weight is 317 g/mol. The number of rotatable bonds is 6. The van der Waals surface area contributed by atoms with Crippen LogP contribution in [0.4, 0.5) is 0 Å². The van der Waals surface area contributed by atoms with Gasteiger partial charge >= 0.3 is 0 Å². The zero-order chi connectivity index (χ0) is 16.2. The maximum Gasteiger partial charge on any atom is 0.288 e. The van der Waals surface area contributed by atoms with Crippen molar-refractivity contribution in [3.8, 4) is 0 Å². The van der Waals surface area contributed by atoms with Gasteiger partial charge in [-0.3, -0.25) is 9.48 Å². The third-order valence-corrected chi connectivity index (χ3v) is 4.28. The van der Waals surface area contributed by atoms with Crippen molar-refractivity contribution in [2.75, 3.05) is 19.6 Å². The number of nitrogens with two attached hydrogens (primary N) is 1. The van der Waals surface area contributed by atoms with Crippen molar-refractivity contribution in [3.63, 3.8) is 0 Å². The number of primary amides is 1. The maximum absolute atomic E-state index is 11.1. The standard InChI is InChI=1S/C15H23N7O/c1-20-9-12(8-18-20)4-2-6-21-7-3-5-13(10-21)22-11-17-15(19-22)14(16)23/h8-9,11,13H,2-7,10H2,1H3,(H2,16,23)/t13-/m1/s1. The van der Waals surface area contributed by atoms with E-state index in [2.05, 4.69) is 26.3 Å². The fraction of sp³-hybridized carbons (Fsp3) is 0.600. The van der Waals surface area contributed by atoms with E-state index in [0.29, 0.717) is 0 Å². The highest BCUT2D eigenvalue weighted by atomic mass is 16.1. The van der Waals surface area contributed by atoms with Crippen LogP contribution in [0.1, 0.15) is 41.5 Å². The molecule has 0 unspecified atom stereocenters. The van der Waals surface area contributed by atoms with E-state index in [1.165, 1.54) is 5.56 Å². The first kappa shape index (κ1) is 15.7. The van der Waals surface area contributed by atoms with Crippen LogP contribution < -0.4 is 5.73 Å². The summed E-state index contributed by atoms with van der Waals surface area (Å²) in [5.41, 5.74) is 6.49. The highest BCUT2D eigenvalue weighted by Gasteiger charge is 2.22. The van der Waals surface area contributed by atoms with E-state index in [4.69, 9.17) is 5.73 Å². The molecule has 0 spiro atoms. The molecule has 0 radical (unpaired) electrons. The topological polar surface area (TPSA) is 94.9 Å². The van der Waals surface area contributed by atoms with Crippen molar-refractivity contribution < 1.29 is 4.79 Å². The third kappa shape index (κ3) is 3.95. The fourth-order valence-electron chi connectivity index (χ4n) is 3.12. The Bertz CT molecular complexity index is 662. The van der Waals surface area contributed by atoms with E-state index in [-0.39, 0.29) is 11.9 Å². The Hall–Kier alpha value is -2.22. The molecule has 2 aromatic rings. The van der Waals surface area contributed by atoms with Crippen LogP contribution in [-0.2, 0) is 13.5 Å². The van der Waals surface area contributed by atoms with Gasteiger partial charge in [0.15, 0.2) is 0 Å². The van der Waals surface area contributed by atoms with Crippen molar-refractivity contribution >= 4 is 5.91 Å². The largest absolute Gasteiger partial charge is 0.363 e. The van der Waals surface area contributed by atoms with Crippen molar-refractivity contribution in [3.05, 3.63) is 30.1 Å². The lowest BCUT2D eigenvalue weighted by Gasteiger charge is -2.32. The van der Waals surface area contributed by atoms with Gasteiger partial charge in [0.2, 0.25) is 5.82 Å². The molecule has 1 atom stereocenters. The minimum atomic E-state index is -0.576. The first-order valence-electron chi connectivity index (χ1n) is 8.02. The van der Waals surface area contributed by atoms with Crippen LogP contribution in [0.2, 0.25) is 0 Å². The number of carbonyl (C=O) groups excluding carboxylic acids is 1. The van der Waals surface area contributed by atoms with Crippen LogP contribution >= 0.6 is 0 Å². The molecule has 0 aliphatic carbocycles. The van der Waals surface area contributed by atoms with E-state index in [9.17, 15) is 4.79 Å². The molecule has 8 heteroatoms. The molecule has 8 nitrogen and oxygen atoms in total. The van der Waals surface area contributed by atoms with Gasteiger partial charge in [-0.05, 0) is 44.3 Å². The second kappa shape index (κ2) is 6.91. The number of nitrogens with zero attached hydrogens (tertiary/aromatic N) is 6. The first-order valence-corrected chi connectivity index (χ1v) is 8.02. The van der Waals surface area contributed by atoms with Crippen molar-refractivity contribution in [1.82, 2.24) is 29.4 Å². The Morgan fingerprint density at radius 1 is 1.48 bits per heavy atom. The molecule has 3 rings (SSSR count).